The van der Waals surface area contributed by atoms with Gasteiger partial charge in [-0.3, -0.25) is 4.99 Å². The number of hydrogen-bond acceptors (Lipinski definition) is 1. The van der Waals surface area contributed by atoms with Crippen LogP contribution in [0.5, 0.6) is 0 Å². The molecule has 2 unspecified atom stereocenters. The van der Waals surface area contributed by atoms with Crippen molar-refractivity contribution in [2.45, 2.75) is 25.3 Å². The molecule has 1 heteroatoms. The van der Waals surface area contributed by atoms with E-state index in [1.54, 1.807) is 0 Å². The van der Waals surface area contributed by atoms with Crippen molar-refractivity contribution in [3.05, 3.63) is 48.1 Å². The van der Waals surface area contributed by atoms with Crippen LogP contribution in [-0.2, 0) is 0 Å². The molecular formula is C14H15N. The third kappa shape index (κ3) is 1.63. The van der Waals surface area contributed by atoms with Crippen molar-refractivity contribution in [1.29, 1.82) is 0 Å². The van der Waals surface area contributed by atoms with Gasteiger partial charge in [-0.2, -0.15) is 0 Å². The number of fused-ring (bicyclic) bond motifs is 2. The third-order valence-electron chi connectivity index (χ3n) is 3.36. The van der Waals surface area contributed by atoms with Gasteiger partial charge in [0.15, 0.2) is 0 Å². The molecule has 1 aliphatic heterocycles. The molecule has 0 aromatic rings. The van der Waals surface area contributed by atoms with Crippen molar-refractivity contribution >= 4 is 5.71 Å². The van der Waals surface area contributed by atoms with E-state index in [9.17, 15) is 0 Å². The van der Waals surface area contributed by atoms with Crippen molar-refractivity contribution < 1.29 is 0 Å². The van der Waals surface area contributed by atoms with Gasteiger partial charge in [-0.25, -0.2) is 0 Å². The Labute approximate surface area is 90.6 Å². The van der Waals surface area contributed by atoms with E-state index in [1.807, 2.05) is 0 Å². The van der Waals surface area contributed by atoms with Gasteiger partial charge in [0.05, 0.1) is 6.04 Å². The van der Waals surface area contributed by atoms with Crippen LogP contribution in [0.2, 0.25) is 0 Å². The fourth-order valence-electron chi connectivity index (χ4n) is 2.47. The quantitative estimate of drug-likeness (QED) is 0.529. The van der Waals surface area contributed by atoms with Gasteiger partial charge >= 0.3 is 0 Å². The molecule has 15 heavy (non-hydrogen) atoms. The molecule has 1 heterocycles. The fraction of sp³-hybridized carbons (Fsp3) is 0.357. The predicted molar refractivity (Wildman–Crippen MR) is 64.1 cm³/mol. The van der Waals surface area contributed by atoms with Crippen LogP contribution in [0.1, 0.15) is 19.3 Å². The van der Waals surface area contributed by atoms with Gasteiger partial charge in [0.25, 0.3) is 0 Å². The Balaban J connectivity index is 1.97. The van der Waals surface area contributed by atoms with E-state index in [1.165, 1.54) is 17.7 Å². The Bertz CT molecular complexity index is 407. The summed E-state index contributed by atoms with van der Waals surface area (Å²) in [6.45, 7) is 0. The third-order valence-corrected chi connectivity index (χ3v) is 3.36. The average Bonchev–Trinajstić information content (AvgIpc) is 2.48. The van der Waals surface area contributed by atoms with Crippen LogP contribution in [0, 0.1) is 5.92 Å². The Morgan fingerprint density at radius 2 is 2.13 bits per heavy atom. The average molecular weight is 197 g/mol. The molecule has 1 nitrogen and oxygen atoms in total. The lowest BCUT2D eigenvalue weighted by Gasteiger charge is -2.18. The van der Waals surface area contributed by atoms with E-state index in [2.05, 4.69) is 42.5 Å². The lowest BCUT2D eigenvalue weighted by molar-refractivity contribution is 0.696. The largest absolute Gasteiger partial charge is 0.281 e. The fourth-order valence-corrected chi connectivity index (χ4v) is 2.47. The summed E-state index contributed by atoms with van der Waals surface area (Å²) in [5.74, 6) is 0.662. The first kappa shape index (κ1) is 8.90. The molecule has 0 N–H and O–H groups in total. The van der Waals surface area contributed by atoms with Gasteiger partial charge in [0.1, 0.15) is 0 Å². The molecule has 0 amide bonds. The molecule has 2 aliphatic carbocycles. The summed E-state index contributed by atoms with van der Waals surface area (Å²) < 4.78 is 0. The smallest absolute Gasteiger partial charge is 0.0929 e. The lowest BCUT2D eigenvalue weighted by atomic mass is 9.89. The van der Waals surface area contributed by atoms with Gasteiger partial charge in [0, 0.05) is 18.1 Å². The first-order chi connectivity index (χ1) is 7.43. The summed E-state index contributed by atoms with van der Waals surface area (Å²) in [7, 11) is 0. The van der Waals surface area contributed by atoms with Crippen molar-refractivity contribution in [3.63, 3.8) is 0 Å². The first-order valence-electron chi connectivity index (χ1n) is 5.70. The number of aliphatic imine (C=N–C) groups is 1. The minimum absolute atomic E-state index is 0.293. The molecule has 76 valence electrons. The monoisotopic (exact) mass is 197 g/mol. The molecule has 0 saturated carbocycles. The SMILES string of the molecule is C1=CC2=CCC3CC=CCC3=NC2C=C1. The zero-order valence-corrected chi connectivity index (χ0v) is 8.76. The zero-order valence-electron chi connectivity index (χ0n) is 8.76. The molecule has 3 aliphatic rings. The number of nitrogens with zero attached hydrogens (tertiary/aromatic N) is 1. The maximum absolute atomic E-state index is 4.88. The van der Waals surface area contributed by atoms with E-state index in [-0.39, 0.29) is 0 Å². The topological polar surface area (TPSA) is 12.4 Å². The Morgan fingerprint density at radius 3 is 3.13 bits per heavy atom. The Kier molecular flexibility index (Phi) is 2.17. The molecule has 3 rings (SSSR count). The molecule has 0 fully saturated rings. The highest BCUT2D eigenvalue weighted by atomic mass is 14.8. The van der Waals surface area contributed by atoms with Gasteiger partial charge in [-0.1, -0.05) is 42.5 Å². The number of rotatable bonds is 0. The summed E-state index contributed by atoms with van der Waals surface area (Å²) in [4.78, 5) is 4.88. The molecule has 0 aromatic heterocycles. The summed E-state index contributed by atoms with van der Waals surface area (Å²) in [5.41, 5.74) is 2.77. The first-order valence-corrected chi connectivity index (χ1v) is 5.70. The minimum Gasteiger partial charge on any atom is -0.281 e. The molecule has 0 saturated heterocycles. The highest BCUT2D eigenvalue weighted by molar-refractivity contribution is 5.90. The number of hydrogen-bond donors (Lipinski definition) is 0. The maximum Gasteiger partial charge on any atom is 0.0929 e. The lowest BCUT2D eigenvalue weighted by Crippen LogP contribution is -2.16. The van der Waals surface area contributed by atoms with E-state index in [4.69, 9.17) is 4.99 Å². The van der Waals surface area contributed by atoms with Crippen molar-refractivity contribution in [3.8, 4) is 0 Å². The van der Waals surface area contributed by atoms with Crippen molar-refractivity contribution in [1.82, 2.24) is 0 Å². The second-order valence-corrected chi connectivity index (χ2v) is 4.36. The summed E-state index contributed by atoms with van der Waals surface area (Å²) >= 11 is 0. The zero-order chi connectivity index (χ0) is 10.1. The van der Waals surface area contributed by atoms with E-state index < -0.39 is 0 Å². The Hall–Kier alpha value is -1.37. The van der Waals surface area contributed by atoms with Crippen LogP contribution in [0.3, 0.4) is 0 Å². The molecule has 2 atom stereocenters. The normalized spacial score (nSPS) is 32.5. The van der Waals surface area contributed by atoms with Crippen LogP contribution >= 0.6 is 0 Å². The molecular weight excluding hydrogens is 182 g/mol. The van der Waals surface area contributed by atoms with E-state index in [0.29, 0.717) is 12.0 Å². The molecule has 0 aromatic carbocycles. The van der Waals surface area contributed by atoms with Crippen molar-refractivity contribution in [2.24, 2.45) is 10.9 Å². The predicted octanol–water partition coefficient (Wildman–Crippen LogP) is 3.22. The van der Waals surface area contributed by atoms with Crippen LogP contribution in [-0.4, -0.2) is 11.8 Å². The molecule has 0 bridgehead atoms. The van der Waals surface area contributed by atoms with Crippen LogP contribution < -0.4 is 0 Å². The second-order valence-electron chi connectivity index (χ2n) is 4.36. The van der Waals surface area contributed by atoms with Crippen molar-refractivity contribution in [2.75, 3.05) is 0 Å². The summed E-state index contributed by atoms with van der Waals surface area (Å²) in [6, 6.07) is 0.293. The maximum atomic E-state index is 4.88. The van der Waals surface area contributed by atoms with Crippen LogP contribution in [0.15, 0.2) is 53.1 Å². The van der Waals surface area contributed by atoms with Gasteiger partial charge < -0.3 is 0 Å². The van der Waals surface area contributed by atoms with Crippen LogP contribution in [0.4, 0.5) is 0 Å². The second kappa shape index (κ2) is 3.65. The van der Waals surface area contributed by atoms with Gasteiger partial charge in [0.2, 0.25) is 0 Å². The summed E-state index contributed by atoms with van der Waals surface area (Å²) in [6.07, 6.45) is 18.9. The highest BCUT2D eigenvalue weighted by Gasteiger charge is 2.22. The molecule has 0 spiro atoms. The highest BCUT2D eigenvalue weighted by Crippen LogP contribution is 2.28. The van der Waals surface area contributed by atoms with Crippen LogP contribution in [0.25, 0.3) is 0 Å². The van der Waals surface area contributed by atoms with Gasteiger partial charge in [-0.05, 0) is 18.4 Å². The Morgan fingerprint density at radius 1 is 1.13 bits per heavy atom. The van der Waals surface area contributed by atoms with E-state index in [0.717, 1.165) is 12.8 Å². The molecule has 0 radical (unpaired) electrons. The number of allylic oxidation sites excluding steroid dienone is 5. The summed E-state index contributed by atoms with van der Waals surface area (Å²) in [5, 5.41) is 0. The van der Waals surface area contributed by atoms with Gasteiger partial charge in [-0.15, -0.1) is 0 Å². The van der Waals surface area contributed by atoms with E-state index >= 15 is 0 Å². The minimum atomic E-state index is 0.293. The standard InChI is InChI=1S/C14H15N/c1-3-7-13-11(5-1)9-10-12-6-2-4-8-14(12)15-13/h1-5,7,9,12-13H,6,8,10H2.